The Labute approximate surface area is 219 Å². The van der Waals surface area contributed by atoms with Crippen molar-refractivity contribution < 1.29 is 28.6 Å². The van der Waals surface area contributed by atoms with Crippen LogP contribution >= 0.6 is 0 Å². The first kappa shape index (κ1) is 28.2. The summed E-state index contributed by atoms with van der Waals surface area (Å²) in [6, 6.07) is 10.1. The number of ether oxygens (including phenoxy) is 1. The van der Waals surface area contributed by atoms with Crippen LogP contribution in [0.2, 0.25) is 0 Å². The molecule has 202 valence electrons. The minimum absolute atomic E-state index is 0.0175. The van der Waals surface area contributed by atoms with Crippen LogP contribution < -0.4 is 5.32 Å². The average Bonchev–Trinajstić information content (AvgIpc) is 3.33. The smallest absolute Gasteiger partial charge is 0.325 e. The van der Waals surface area contributed by atoms with Crippen molar-refractivity contribution in [3.63, 3.8) is 0 Å². The maximum atomic E-state index is 13.5. The summed E-state index contributed by atoms with van der Waals surface area (Å²) in [7, 11) is 0. The van der Waals surface area contributed by atoms with Crippen LogP contribution in [-0.4, -0.2) is 67.7 Å². The number of carbonyl (C=O) groups excluding carboxylic acids is 3. The lowest BCUT2D eigenvalue weighted by Crippen LogP contribution is -2.47. The highest BCUT2D eigenvalue weighted by atomic mass is 19.1. The molecule has 0 bridgehead atoms. The first-order valence-corrected chi connectivity index (χ1v) is 12.2. The van der Waals surface area contributed by atoms with Crippen molar-refractivity contribution in [3.8, 4) is 17.1 Å². The van der Waals surface area contributed by atoms with Crippen molar-refractivity contribution in [1.82, 2.24) is 30.4 Å². The van der Waals surface area contributed by atoms with Gasteiger partial charge in [-0.05, 0) is 66.4 Å². The number of nitrogens with zero attached hydrogens (tertiary/aromatic N) is 5. The molecule has 0 aliphatic rings. The third-order valence-corrected chi connectivity index (χ3v) is 5.55. The first-order valence-electron chi connectivity index (χ1n) is 12.2. The van der Waals surface area contributed by atoms with Crippen LogP contribution in [0.4, 0.5) is 4.39 Å². The number of halogens is 1. The van der Waals surface area contributed by atoms with E-state index in [4.69, 9.17) is 4.74 Å². The molecule has 1 atom stereocenters. The molecule has 2 amide bonds. The lowest BCUT2D eigenvalue weighted by Gasteiger charge is -2.30. The topological polar surface area (TPSA) is 140 Å². The fourth-order valence-electron chi connectivity index (χ4n) is 3.62. The number of rotatable bonds is 12. The average molecular weight is 527 g/mol. The number of benzene rings is 2. The molecule has 12 heteroatoms. The van der Waals surface area contributed by atoms with Crippen LogP contribution in [0.1, 0.15) is 38.8 Å². The van der Waals surface area contributed by atoms with E-state index in [1.807, 2.05) is 13.8 Å². The van der Waals surface area contributed by atoms with Crippen molar-refractivity contribution in [1.29, 1.82) is 0 Å². The zero-order valence-corrected chi connectivity index (χ0v) is 21.5. The Balaban J connectivity index is 1.90. The van der Waals surface area contributed by atoms with Gasteiger partial charge in [-0.15, -0.1) is 10.2 Å². The van der Waals surface area contributed by atoms with Gasteiger partial charge in [-0.2, -0.15) is 4.80 Å². The molecule has 0 radical (unpaired) electrons. The number of hydrogen-bond acceptors (Lipinski definition) is 8. The van der Waals surface area contributed by atoms with Crippen molar-refractivity contribution in [2.24, 2.45) is 5.92 Å². The van der Waals surface area contributed by atoms with Crippen molar-refractivity contribution in [2.45, 2.75) is 39.8 Å². The molecule has 2 aromatic carbocycles. The van der Waals surface area contributed by atoms with E-state index in [0.29, 0.717) is 23.6 Å². The Hall–Kier alpha value is -4.35. The first-order chi connectivity index (χ1) is 18.2. The van der Waals surface area contributed by atoms with Gasteiger partial charge >= 0.3 is 5.97 Å². The van der Waals surface area contributed by atoms with E-state index in [2.05, 4.69) is 20.7 Å². The second kappa shape index (κ2) is 13.3. The van der Waals surface area contributed by atoms with Gasteiger partial charge in [-0.1, -0.05) is 26.0 Å². The highest BCUT2D eigenvalue weighted by Crippen LogP contribution is 2.24. The molecular weight excluding hydrogens is 495 g/mol. The molecule has 0 aliphatic carbocycles. The number of carbonyl (C=O) groups is 3. The minimum Gasteiger partial charge on any atom is -0.508 e. The number of aromatic nitrogens is 4. The van der Waals surface area contributed by atoms with Gasteiger partial charge in [0.15, 0.2) is 0 Å². The molecule has 3 aromatic rings. The molecule has 3 rings (SSSR count). The van der Waals surface area contributed by atoms with Gasteiger partial charge in [-0.3, -0.25) is 14.4 Å². The van der Waals surface area contributed by atoms with Crippen LogP contribution in [0.15, 0.2) is 48.5 Å². The van der Waals surface area contributed by atoms with E-state index in [9.17, 15) is 23.9 Å². The molecular formula is C26H31FN6O5. The van der Waals surface area contributed by atoms with E-state index >= 15 is 0 Å². The Morgan fingerprint density at radius 2 is 1.79 bits per heavy atom. The zero-order valence-electron chi connectivity index (χ0n) is 21.5. The molecule has 1 aromatic heterocycles. The van der Waals surface area contributed by atoms with Crippen LogP contribution in [-0.2, 0) is 25.7 Å². The van der Waals surface area contributed by atoms with Gasteiger partial charge in [0.1, 0.15) is 30.7 Å². The van der Waals surface area contributed by atoms with Crippen molar-refractivity contribution >= 4 is 17.8 Å². The monoisotopic (exact) mass is 526 g/mol. The number of phenolic OH excluding ortho intramolecular Hbond substituents is 1. The Kier molecular flexibility index (Phi) is 9.85. The number of nitrogens with one attached hydrogen (secondary N) is 1. The second-order valence-corrected chi connectivity index (χ2v) is 8.94. The Bertz CT molecular complexity index is 1230. The van der Waals surface area contributed by atoms with Gasteiger partial charge in [0.2, 0.25) is 17.6 Å². The maximum Gasteiger partial charge on any atom is 0.325 e. The molecule has 0 saturated heterocycles. The summed E-state index contributed by atoms with van der Waals surface area (Å²) < 4.78 is 18.3. The summed E-state index contributed by atoms with van der Waals surface area (Å²) in [5, 5.41) is 24.6. The number of esters is 1. The second-order valence-electron chi connectivity index (χ2n) is 8.94. The molecule has 38 heavy (non-hydrogen) atoms. The van der Waals surface area contributed by atoms with Crippen molar-refractivity contribution in [2.75, 3.05) is 19.7 Å². The van der Waals surface area contributed by atoms with E-state index < -0.39 is 42.7 Å². The quantitative estimate of drug-likeness (QED) is 0.343. The van der Waals surface area contributed by atoms with E-state index in [0.717, 1.165) is 16.1 Å². The molecule has 0 unspecified atom stereocenters. The molecule has 2 N–H and O–H groups in total. The number of aromatic hydroxyl groups is 1. The van der Waals surface area contributed by atoms with Crippen LogP contribution in [0.3, 0.4) is 0 Å². The fourth-order valence-corrected chi connectivity index (χ4v) is 3.62. The van der Waals surface area contributed by atoms with Gasteiger partial charge in [-0.25, -0.2) is 4.39 Å². The number of phenols is 1. The Morgan fingerprint density at radius 1 is 1.11 bits per heavy atom. The summed E-state index contributed by atoms with van der Waals surface area (Å²) >= 11 is 0. The predicted molar refractivity (Wildman–Crippen MR) is 135 cm³/mol. The van der Waals surface area contributed by atoms with E-state index in [1.165, 1.54) is 48.5 Å². The van der Waals surface area contributed by atoms with Crippen LogP contribution in [0.5, 0.6) is 5.75 Å². The van der Waals surface area contributed by atoms with E-state index in [-0.39, 0.29) is 18.2 Å². The number of amides is 2. The largest absolute Gasteiger partial charge is 0.508 e. The third-order valence-electron chi connectivity index (χ3n) is 5.55. The summed E-state index contributed by atoms with van der Waals surface area (Å²) in [6.45, 7) is 5.21. The summed E-state index contributed by atoms with van der Waals surface area (Å²) in [6.07, 6.45) is 0.717. The van der Waals surface area contributed by atoms with Crippen LogP contribution in [0, 0.1) is 11.7 Å². The minimum atomic E-state index is -1.19. The molecule has 0 saturated carbocycles. The Morgan fingerprint density at radius 3 is 2.42 bits per heavy atom. The maximum absolute atomic E-state index is 13.5. The normalized spacial score (nSPS) is 11.7. The summed E-state index contributed by atoms with van der Waals surface area (Å²) in [4.78, 5) is 41.5. The predicted octanol–water partition coefficient (Wildman–Crippen LogP) is 2.48. The highest BCUT2D eigenvalue weighted by Gasteiger charge is 2.33. The van der Waals surface area contributed by atoms with Crippen LogP contribution in [0.25, 0.3) is 11.4 Å². The summed E-state index contributed by atoms with van der Waals surface area (Å²) in [5.41, 5.74) is 0.890. The molecule has 0 spiro atoms. The number of hydrogen-bond donors (Lipinski definition) is 2. The molecule has 1 heterocycles. The third kappa shape index (κ3) is 7.82. The zero-order chi connectivity index (χ0) is 27.7. The highest BCUT2D eigenvalue weighted by molar-refractivity contribution is 5.90. The molecule has 11 nitrogen and oxygen atoms in total. The summed E-state index contributed by atoms with van der Waals surface area (Å²) in [5.74, 6) is -1.75. The fraction of sp³-hybridized carbons (Fsp3) is 0.385. The number of tetrazole rings is 1. The van der Waals surface area contributed by atoms with Gasteiger partial charge in [0.05, 0.1) is 6.61 Å². The van der Waals surface area contributed by atoms with Gasteiger partial charge in [0, 0.05) is 12.1 Å². The molecule has 0 fully saturated rings. The van der Waals surface area contributed by atoms with Crippen molar-refractivity contribution in [3.05, 3.63) is 59.9 Å². The lowest BCUT2D eigenvalue weighted by molar-refractivity contribution is -0.153. The van der Waals surface area contributed by atoms with Gasteiger partial charge in [0.25, 0.3) is 0 Å². The van der Waals surface area contributed by atoms with Gasteiger partial charge < -0.3 is 20.1 Å². The molecule has 0 aliphatic heterocycles. The van der Waals surface area contributed by atoms with E-state index in [1.54, 1.807) is 6.92 Å². The standard InChI is InChI=1S/C26H31FN6O5/c1-4-38-23(36)16-32(22(35)15-33-30-25(29-31-33)19-5-9-20(27)10-6-19)24(18-7-11-21(34)12-8-18)26(37)28-14-13-17(2)3/h5-12,17,24,34H,4,13-16H2,1-3H3,(H,28,37)/t24-/m1/s1. The lowest BCUT2D eigenvalue weighted by atomic mass is 10.0. The SMILES string of the molecule is CCOC(=O)CN(C(=O)Cn1nnc(-c2ccc(F)cc2)n1)[C@@H](C(=O)NCCC(C)C)c1ccc(O)cc1.